The van der Waals surface area contributed by atoms with Crippen LogP contribution in [0.5, 0.6) is 23.0 Å². The van der Waals surface area contributed by atoms with Crippen LogP contribution in [0, 0.1) is 0 Å². The summed E-state index contributed by atoms with van der Waals surface area (Å²) in [6, 6.07) is 18.8. The molecular formula is C62H92O6. The Morgan fingerprint density at radius 3 is 0.691 bits per heavy atom. The zero-order valence-corrected chi connectivity index (χ0v) is 45.8. The molecule has 0 amide bonds. The molecule has 1 aliphatic rings. The number of fused-ring (bicyclic) bond motifs is 8. The normalized spacial score (nSPS) is 14.1. The summed E-state index contributed by atoms with van der Waals surface area (Å²) in [6.07, 6.45) is 9.38. The molecule has 0 aliphatic carbocycles. The van der Waals surface area contributed by atoms with Gasteiger partial charge in [-0.15, -0.1) is 0 Å². The highest BCUT2D eigenvalue weighted by atomic mass is 16.5. The average molecular weight is 933 g/mol. The summed E-state index contributed by atoms with van der Waals surface area (Å²) >= 11 is 0. The van der Waals surface area contributed by atoms with E-state index < -0.39 is 0 Å². The van der Waals surface area contributed by atoms with Gasteiger partial charge in [0.1, 0.15) is 23.0 Å². The van der Waals surface area contributed by atoms with E-state index in [-0.39, 0.29) is 21.7 Å². The summed E-state index contributed by atoms with van der Waals surface area (Å²) < 4.78 is 41.6. The van der Waals surface area contributed by atoms with E-state index in [0.29, 0.717) is 65.7 Å². The van der Waals surface area contributed by atoms with Crippen LogP contribution in [-0.2, 0) is 70.4 Å². The Labute approximate surface area is 414 Å². The number of hydrogen-bond acceptors (Lipinski definition) is 6. The van der Waals surface area contributed by atoms with E-state index >= 15 is 0 Å². The van der Waals surface area contributed by atoms with Crippen LogP contribution in [0.1, 0.15) is 229 Å². The van der Waals surface area contributed by atoms with Gasteiger partial charge in [0.25, 0.3) is 0 Å². The van der Waals surface area contributed by atoms with Crippen molar-refractivity contribution in [2.24, 2.45) is 0 Å². The van der Waals surface area contributed by atoms with Gasteiger partial charge in [-0.1, -0.05) is 161 Å². The predicted octanol–water partition coefficient (Wildman–Crippen LogP) is 16.5. The van der Waals surface area contributed by atoms with Gasteiger partial charge in [-0.2, -0.15) is 0 Å². The fourth-order valence-corrected chi connectivity index (χ4v) is 8.67. The molecule has 0 atom stereocenters. The van der Waals surface area contributed by atoms with Crippen molar-refractivity contribution < 1.29 is 28.4 Å². The Bertz CT molecular complexity index is 1920. The molecule has 0 unspecified atom stereocenters. The van der Waals surface area contributed by atoms with Crippen LogP contribution in [0.15, 0.2) is 48.5 Å². The van der Waals surface area contributed by atoms with Gasteiger partial charge in [0.15, 0.2) is 0 Å². The largest absolute Gasteiger partial charge is 0.493 e. The quantitative estimate of drug-likeness (QED) is 0.104. The first kappa shape index (κ1) is 54.9. The number of rotatable bonds is 16. The minimum absolute atomic E-state index is 0.107. The number of hydrogen-bond donors (Lipinski definition) is 0. The van der Waals surface area contributed by atoms with Crippen molar-refractivity contribution in [3.63, 3.8) is 0 Å². The van der Waals surface area contributed by atoms with Crippen molar-refractivity contribution in [1.29, 1.82) is 0 Å². The molecular weight excluding hydrogens is 841 g/mol. The van der Waals surface area contributed by atoms with Gasteiger partial charge in [-0.25, -0.2) is 0 Å². The molecule has 6 heteroatoms. The molecule has 0 saturated heterocycles. The Kier molecular flexibility index (Phi) is 19.6. The lowest BCUT2D eigenvalue weighted by atomic mass is 9.82. The number of unbranched alkanes of at least 4 members (excludes halogenated alkanes) is 4. The second kappa shape index (κ2) is 24.2. The lowest BCUT2D eigenvalue weighted by molar-refractivity contribution is 0.101. The number of ether oxygens (including phenoxy) is 6. The van der Waals surface area contributed by atoms with E-state index in [1.54, 1.807) is 0 Å². The molecule has 6 nitrogen and oxygen atoms in total. The molecule has 0 spiro atoms. The van der Waals surface area contributed by atoms with Crippen molar-refractivity contribution in [2.75, 3.05) is 26.4 Å². The van der Waals surface area contributed by atoms with Crippen molar-refractivity contribution in [3.8, 4) is 23.0 Å². The van der Waals surface area contributed by atoms with Crippen molar-refractivity contribution in [2.45, 2.75) is 223 Å². The summed E-state index contributed by atoms with van der Waals surface area (Å²) in [4.78, 5) is 0. The van der Waals surface area contributed by atoms with Crippen LogP contribution in [0.2, 0.25) is 0 Å². The zero-order valence-electron chi connectivity index (χ0n) is 45.8. The molecule has 4 aromatic rings. The highest BCUT2D eigenvalue weighted by Gasteiger charge is 2.28. The third kappa shape index (κ3) is 15.0. The van der Waals surface area contributed by atoms with E-state index in [2.05, 4.69) is 159 Å². The van der Waals surface area contributed by atoms with Crippen LogP contribution in [0.25, 0.3) is 0 Å². The topological polar surface area (TPSA) is 55.4 Å². The van der Waals surface area contributed by atoms with Gasteiger partial charge in [0, 0.05) is 35.1 Å². The van der Waals surface area contributed by atoms with E-state index in [0.717, 1.165) is 119 Å². The second-order valence-electron chi connectivity index (χ2n) is 23.6. The lowest BCUT2D eigenvalue weighted by Gasteiger charge is -2.28. The fourth-order valence-electron chi connectivity index (χ4n) is 8.67. The molecule has 376 valence electrons. The maximum absolute atomic E-state index is 6.99. The highest BCUT2D eigenvalue weighted by molar-refractivity contribution is 5.55. The van der Waals surface area contributed by atoms with Gasteiger partial charge in [-0.05, 0) is 116 Å². The monoisotopic (exact) mass is 933 g/mol. The molecule has 0 fully saturated rings. The molecule has 8 bridgehead atoms. The molecule has 0 saturated carbocycles. The minimum Gasteiger partial charge on any atom is -0.493 e. The summed E-state index contributed by atoms with van der Waals surface area (Å²) in [5.41, 5.74) is 13.5. The fraction of sp³-hybridized carbons (Fsp3) is 0.613. The first-order valence-electron chi connectivity index (χ1n) is 26.4. The maximum Gasteiger partial charge on any atom is 0.128 e. The molecule has 1 heterocycles. The van der Waals surface area contributed by atoms with E-state index in [4.69, 9.17) is 28.4 Å². The highest BCUT2D eigenvalue weighted by Crippen LogP contribution is 2.42. The van der Waals surface area contributed by atoms with Crippen LogP contribution in [0.3, 0.4) is 0 Å². The summed E-state index contributed by atoms with van der Waals surface area (Å²) in [5, 5.41) is 0. The standard InChI is InChI=1S/C62H92O6/c1-17-21-25-65-55-43-29-44-32-52(60(8,9)10)37-49(56(44)66-26-22-18-2)41-64-42-50-38-54(62(14,15)16)34-46(58(50)68-28-24-20-4)30-45-33-53(61(11,12)13)36-48(57(45)67-27-23-19-3)40-63-39-47(55)35-51(31-43)59(5,6)7/h31-38H,17-30,39-42H2,1-16H3. The van der Waals surface area contributed by atoms with Gasteiger partial charge in [0.05, 0.1) is 52.9 Å². The third-order valence-electron chi connectivity index (χ3n) is 13.2. The molecule has 68 heavy (non-hydrogen) atoms. The van der Waals surface area contributed by atoms with E-state index in [1.165, 1.54) is 22.3 Å². The first-order chi connectivity index (χ1) is 32.1. The van der Waals surface area contributed by atoms with Crippen LogP contribution in [-0.4, -0.2) is 26.4 Å². The Morgan fingerprint density at radius 1 is 0.324 bits per heavy atom. The van der Waals surface area contributed by atoms with Crippen molar-refractivity contribution >= 4 is 0 Å². The zero-order chi connectivity index (χ0) is 49.9. The van der Waals surface area contributed by atoms with E-state index in [1.807, 2.05) is 0 Å². The average Bonchev–Trinajstić information content (AvgIpc) is 3.24. The Balaban J connectivity index is 1.85. The predicted molar refractivity (Wildman–Crippen MR) is 285 cm³/mol. The maximum atomic E-state index is 6.99. The molecule has 5 rings (SSSR count). The van der Waals surface area contributed by atoms with Crippen LogP contribution < -0.4 is 18.9 Å². The Morgan fingerprint density at radius 2 is 0.515 bits per heavy atom. The SMILES string of the molecule is CCCCOc1c2cc(C(C)(C)C)cc1Cc1cc(C(C)(C)C)cc(c1OCCCC)COCc1cc(C(C)(C)C)cc(c1OCCCC)Cc1cc(C(C)(C)C)cc(c1OCCCC)COC2. The van der Waals surface area contributed by atoms with E-state index in [9.17, 15) is 0 Å². The molecule has 0 N–H and O–H groups in total. The Hall–Kier alpha value is -4.00. The minimum atomic E-state index is -0.107. The van der Waals surface area contributed by atoms with Gasteiger partial charge >= 0.3 is 0 Å². The van der Waals surface area contributed by atoms with Gasteiger partial charge in [0.2, 0.25) is 0 Å². The van der Waals surface area contributed by atoms with Gasteiger partial charge in [-0.3, -0.25) is 0 Å². The number of benzene rings is 4. The van der Waals surface area contributed by atoms with Gasteiger partial charge < -0.3 is 28.4 Å². The summed E-state index contributed by atoms with van der Waals surface area (Å²) in [7, 11) is 0. The molecule has 0 radical (unpaired) electrons. The second-order valence-corrected chi connectivity index (χ2v) is 23.6. The molecule has 4 aromatic carbocycles. The summed E-state index contributed by atoms with van der Waals surface area (Å²) in [6.45, 7) is 40.6. The lowest BCUT2D eigenvalue weighted by Crippen LogP contribution is -2.17. The molecule has 1 aliphatic heterocycles. The van der Waals surface area contributed by atoms with Crippen molar-refractivity contribution in [3.05, 3.63) is 115 Å². The third-order valence-corrected chi connectivity index (χ3v) is 13.2. The first-order valence-corrected chi connectivity index (χ1v) is 26.4. The smallest absolute Gasteiger partial charge is 0.128 e. The summed E-state index contributed by atoms with van der Waals surface area (Å²) in [5.74, 6) is 3.69. The van der Waals surface area contributed by atoms with Crippen LogP contribution in [0.4, 0.5) is 0 Å². The van der Waals surface area contributed by atoms with Crippen LogP contribution >= 0.6 is 0 Å². The van der Waals surface area contributed by atoms with Crippen molar-refractivity contribution in [1.82, 2.24) is 0 Å². The molecule has 0 aromatic heterocycles.